The van der Waals surface area contributed by atoms with E-state index in [9.17, 15) is 4.79 Å². The molecule has 0 unspecified atom stereocenters. The Hall–Kier alpha value is -6.35. The van der Waals surface area contributed by atoms with E-state index >= 15 is 0 Å². The van der Waals surface area contributed by atoms with Gasteiger partial charge in [-0.05, 0) is 44.7 Å². The summed E-state index contributed by atoms with van der Waals surface area (Å²) in [5.41, 5.74) is 7.41. The Morgan fingerprint density at radius 2 is 1.37 bits per heavy atom. The Morgan fingerprint density at radius 1 is 0.725 bits per heavy atom. The zero-order valence-corrected chi connectivity index (χ0v) is 28.5. The second-order valence-electron chi connectivity index (χ2n) is 12.4. The number of nitrogens with zero attached hydrogens (tertiary/aromatic N) is 6. The van der Waals surface area contributed by atoms with Gasteiger partial charge in [0.15, 0.2) is 5.82 Å². The van der Waals surface area contributed by atoms with E-state index in [4.69, 9.17) is 9.84 Å². The van der Waals surface area contributed by atoms with Crippen LogP contribution < -0.4 is 5.69 Å². The van der Waals surface area contributed by atoms with Gasteiger partial charge in [-0.15, -0.1) is 5.10 Å². The number of ether oxygens (including phenoxy) is 1. The van der Waals surface area contributed by atoms with E-state index in [0.29, 0.717) is 43.3 Å². The molecule has 0 radical (unpaired) electrons. The van der Waals surface area contributed by atoms with Crippen molar-refractivity contribution in [3.63, 3.8) is 0 Å². The molecule has 0 saturated heterocycles. The lowest BCUT2D eigenvalue weighted by atomic mass is 9.98. The largest absolute Gasteiger partial charge is 0.486 e. The summed E-state index contributed by atoms with van der Waals surface area (Å²) < 4.78 is 10.0. The SMILES string of the molecule is CCCCc1nn(/C(Cc2ccccc2)=C(/OCc2ccccc2)c2ccccc2)c(=O)n1Cc1ccc(-c2ccccc2-c2nnn[nH]2)cc1. The normalized spacial score (nSPS) is 11.7. The van der Waals surface area contributed by atoms with E-state index in [1.165, 1.54) is 0 Å². The number of tetrazole rings is 1. The Balaban J connectivity index is 1.30. The molecule has 0 aliphatic rings. The van der Waals surface area contributed by atoms with Gasteiger partial charge in [0.1, 0.15) is 18.2 Å². The van der Waals surface area contributed by atoms with Crippen molar-refractivity contribution in [1.82, 2.24) is 35.0 Å². The summed E-state index contributed by atoms with van der Waals surface area (Å²) in [6.45, 7) is 2.89. The second-order valence-corrected chi connectivity index (χ2v) is 12.4. The number of unbranched alkanes of at least 4 members (excludes halogenated alkanes) is 1. The lowest BCUT2D eigenvalue weighted by Gasteiger charge is -2.17. The first-order valence-corrected chi connectivity index (χ1v) is 17.3. The van der Waals surface area contributed by atoms with E-state index in [2.05, 4.69) is 70.0 Å². The van der Waals surface area contributed by atoms with Crippen LogP contribution in [-0.4, -0.2) is 35.0 Å². The Bertz CT molecular complexity index is 2240. The van der Waals surface area contributed by atoms with E-state index in [1.807, 2.05) is 102 Å². The number of allylic oxidation sites excluding steroid dienone is 1. The molecule has 2 aromatic heterocycles. The van der Waals surface area contributed by atoms with Gasteiger partial charge in [-0.1, -0.05) is 153 Å². The average Bonchev–Trinajstić information content (AvgIpc) is 3.84. The predicted molar refractivity (Wildman–Crippen MR) is 200 cm³/mol. The minimum atomic E-state index is -0.198. The fourth-order valence-electron chi connectivity index (χ4n) is 6.17. The second kappa shape index (κ2) is 15.9. The summed E-state index contributed by atoms with van der Waals surface area (Å²) in [5, 5.41) is 19.5. The van der Waals surface area contributed by atoms with E-state index in [1.54, 1.807) is 4.68 Å². The van der Waals surface area contributed by atoms with Crippen LogP contribution in [0.1, 0.15) is 47.8 Å². The number of benzene rings is 5. The Labute approximate surface area is 296 Å². The third-order valence-corrected chi connectivity index (χ3v) is 8.82. The van der Waals surface area contributed by atoms with E-state index in [0.717, 1.165) is 57.6 Å². The Morgan fingerprint density at radius 3 is 2.04 bits per heavy atom. The summed E-state index contributed by atoms with van der Waals surface area (Å²) in [4.78, 5) is 14.6. The maximum absolute atomic E-state index is 14.6. The number of aryl methyl sites for hydroxylation is 1. The number of H-pyrrole nitrogens is 1. The Kier molecular flexibility index (Phi) is 10.3. The maximum atomic E-state index is 14.6. The standard InChI is InChI=1S/C42H39N7O2/c1-2-3-23-39-45-49(42(50)48(39)29-32-24-26-34(27-25-32)36-21-13-14-22-37(36)41-43-46-47-44-41)38(28-31-15-7-4-8-16-31)40(35-19-11-6-12-20-35)51-30-33-17-9-5-10-18-33/h4-22,24-27H,2-3,23,28-30H2,1H3,(H,43,44,46,47)/b40-38+. The van der Waals surface area contributed by atoms with Crippen LogP contribution in [0, 0.1) is 0 Å². The number of aromatic amines is 1. The van der Waals surface area contributed by atoms with Gasteiger partial charge < -0.3 is 4.74 Å². The summed E-state index contributed by atoms with van der Waals surface area (Å²) in [5.74, 6) is 1.98. The van der Waals surface area contributed by atoms with Crippen LogP contribution in [0.15, 0.2) is 144 Å². The molecule has 1 N–H and O–H groups in total. The van der Waals surface area contributed by atoms with Crippen molar-refractivity contribution in [3.8, 4) is 22.5 Å². The number of rotatable bonds is 14. The third-order valence-electron chi connectivity index (χ3n) is 8.82. The average molecular weight is 674 g/mol. The molecular formula is C42H39N7O2. The van der Waals surface area contributed by atoms with Crippen molar-refractivity contribution >= 4 is 11.5 Å². The molecule has 2 heterocycles. The zero-order valence-electron chi connectivity index (χ0n) is 28.5. The molecule has 7 rings (SSSR count). The van der Waals surface area contributed by atoms with Crippen LogP contribution in [-0.2, 0) is 30.7 Å². The highest BCUT2D eigenvalue weighted by Gasteiger charge is 2.22. The molecule has 5 aromatic carbocycles. The van der Waals surface area contributed by atoms with Crippen LogP contribution in [0.25, 0.3) is 34.0 Å². The fourth-order valence-corrected chi connectivity index (χ4v) is 6.17. The fraction of sp³-hybridized carbons (Fsp3) is 0.167. The molecule has 0 spiro atoms. The summed E-state index contributed by atoms with van der Waals surface area (Å²) in [7, 11) is 0. The first kappa shape index (κ1) is 33.2. The van der Waals surface area contributed by atoms with Gasteiger partial charge in [-0.2, -0.15) is 9.78 Å². The number of nitrogens with one attached hydrogen (secondary N) is 1. The van der Waals surface area contributed by atoms with Gasteiger partial charge in [0.2, 0.25) is 0 Å². The highest BCUT2D eigenvalue weighted by atomic mass is 16.5. The van der Waals surface area contributed by atoms with E-state index in [-0.39, 0.29) is 5.69 Å². The molecule has 0 bridgehead atoms. The molecule has 0 aliphatic carbocycles. The first-order valence-electron chi connectivity index (χ1n) is 17.3. The van der Waals surface area contributed by atoms with Crippen molar-refractivity contribution in [3.05, 3.63) is 178 Å². The molecule has 0 atom stereocenters. The highest BCUT2D eigenvalue weighted by Crippen LogP contribution is 2.30. The summed E-state index contributed by atoms with van der Waals surface area (Å²) >= 11 is 0. The van der Waals surface area contributed by atoms with Crippen molar-refractivity contribution in [2.75, 3.05) is 0 Å². The monoisotopic (exact) mass is 673 g/mol. The van der Waals surface area contributed by atoms with Gasteiger partial charge in [-0.3, -0.25) is 4.57 Å². The summed E-state index contributed by atoms with van der Waals surface area (Å²) in [6.07, 6.45) is 3.03. The van der Waals surface area contributed by atoms with Crippen LogP contribution in [0.3, 0.4) is 0 Å². The van der Waals surface area contributed by atoms with E-state index < -0.39 is 0 Å². The third kappa shape index (κ3) is 7.78. The zero-order chi connectivity index (χ0) is 34.8. The summed E-state index contributed by atoms with van der Waals surface area (Å²) in [6, 6.07) is 46.5. The minimum Gasteiger partial charge on any atom is -0.486 e. The molecule has 254 valence electrons. The molecule has 51 heavy (non-hydrogen) atoms. The van der Waals surface area contributed by atoms with Gasteiger partial charge in [0.05, 0.1) is 12.2 Å². The van der Waals surface area contributed by atoms with Crippen LogP contribution in [0.5, 0.6) is 0 Å². The molecule has 0 saturated carbocycles. The maximum Gasteiger partial charge on any atom is 0.350 e. The van der Waals surface area contributed by atoms with Crippen molar-refractivity contribution in [1.29, 1.82) is 0 Å². The van der Waals surface area contributed by atoms with Crippen molar-refractivity contribution < 1.29 is 4.74 Å². The smallest absolute Gasteiger partial charge is 0.350 e. The number of hydrogen-bond acceptors (Lipinski definition) is 6. The van der Waals surface area contributed by atoms with Crippen molar-refractivity contribution in [2.45, 2.75) is 45.8 Å². The van der Waals surface area contributed by atoms with Gasteiger partial charge in [-0.25, -0.2) is 9.89 Å². The predicted octanol–water partition coefficient (Wildman–Crippen LogP) is 8.07. The number of hydrogen-bond donors (Lipinski definition) is 1. The van der Waals surface area contributed by atoms with Gasteiger partial charge >= 0.3 is 5.69 Å². The molecule has 7 aromatic rings. The van der Waals surface area contributed by atoms with Crippen molar-refractivity contribution in [2.24, 2.45) is 0 Å². The molecule has 0 amide bonds. The minimum absolute atomic E-state index is 0.198. The molecule has 9 nitrogen and oxygen atoms in total. The van der Waals surface area contributed by atoms with Crippen LogP contribution in [0.2, 0.25) is 0 Å². The molecule has 9 heteroatoms. The lowest BCUT2D eigenvalue weighted by Crippen LogP contribution is -2.27. The molecule has 0 aliphatic heterocycles. The van der Waals surface area contributed by atoms with Crippen LogP contribution >= 0.6 is 0 Å². The topological polar surface area (TPSA) is 104 Å². The number of aromatic nitrogens is 7. The van der Waals surface area contributed by atoms with Gasteiger partial charge in [0, 0.05) is 24.0 Å². The lowest BCUT2D eigenvalue weighted by molar-refractivity contribution is 0.263. The van der Waals surface area contributed by atoms with Crippen LogP contribution in [0.4, 0.5) is 0 Å². The van der Waals surface area contributed by atoms with Gasteiger partial charge in [0.25, 0.3) is 0 Å². The highest BCUT2D eigenvalue weighted by molar-refractivity contribution is 5.81. The molecular weight excluding hydrogens is 635 g/mol. The molecule has 0 fully saturated rings. The first-order chi connectivity index (χ1) is 25.2. The quantitative estimate of drug-likeness (QED) is 0.117.